The maximum absolute atomic E-state index is 13.0. The average molecular weight is 308 g/mol. The summed E-state index contributed by atoms with van der Waals surface area (Å²) in [4.78, 5) is 27.4. The number of carbonyl (C=O) groups is 2. The Balaban J connectivity index is 1.77. The zero-order valence-corrected chi connectivity index (χ0v) is 12.6. The van der Waals surface area contributed by atoms with Crippen molar-refractivity contribution in [1.82, 2.24) is 15.1 Å². The number of hydrogen-bond donors (Lipinski definition) is 2. The van der Waals surface area contributed by atoms with Crippen molar-refractivity contribution >= 4 is 17.5 Å². The summed E-state index contributed by atoms with van der Waals surface area (Å²) in [5.41, 5.74) is 0.409. The third-order valence-electron chi connectivity index (χ3n) is 3.40. The predicted molar refractivity (Wildman–Crippen MR) is 82.0 cm³/mol. The van der Waals surface area contributed by atoms with Crippen molar-refractivity contribution in [1.29, 1.82) is 0 Å². The molecule has 120 valence electrons. The molecule has 1 aliphatic heterocycles. The van der Waals surface area contributed by atoms with E-state index in [1.165, 1.54) is 18.2 Å². The lowest BCUT2D eigenvalue weighted by atomic mass is 10.3. The number of anilines is 1. The highest BCUT2D eigenvalue weighted by atomic mass is 19.1. The predicted octanol–water partition coefficient (Wildman–Crippen LogP) is 0.128. The molecule has 1 fully saturated rings. The van der Waals surface area contributed by atoms with Gasteiger partial charge in [0.2, 0.25) is 11.8 Å². The first-order valence-corrected chi connectivity index (χ1v) is 7.27. The Morgan fingerprint density at radius 2 is 2.05 bits per heavy atom. The van der Waals surface area contributed by atoms with E-state index in [9.17, 15) is 14.0 Å². The molecule has 0 spiro atoms. The Kier molecular flexibility index (Phi) is 5.85. The summed E-state index contributed by atoms with van der Waals surface area (Å²) in [5, 5.41) is 5.80. The van der Waals surface area contributed by atoms with Crippen molar-refractivity contribution in [2.45, 2.75) is 0 Å². The second-order valence-electron chi connectivity index (χ2n) is 5.36. The van der Waals surface area contributed by atoms with E-state index < -0.39 is 5.82 Å². The Morgan fingerprint density at radius 1 is 1.32 bits per heavy atom. The van der Waals surface area contributed by atoms with Crippen LogP contribution in [0.15, 0.2) is 24.3 Å². The molecule has 1 aliphatic rings. The molecule has 0 unspecified atom stereocenters. The lowest BCUT2D eigenvalue weighted by Crippen LogP contribution is -2.49. The SMILES string of the molecule is CN(CC(=O)Nc1cccc(F)c1)CC(=O)N1CCNCC1. The fourth-order valence-electron chi connectivity index (χ4n) is 2.31. The maximum Gasteiger partial charge on any atom is 0.238 e. The number of hydrogen-bond acceptors (Lipinski definition) is 4. The molecular formula is C15H21FN4O2. The van der Waals surface area contributed by atoms with Crippen LogP contribution in [-0.4, -0.2) is 67.9 Å². The fraction of sp³-hybridized carbons (Fsp3) is 0.467. The van der Waals surface area contributed by atoms with Crippen molar-refractivity contribution < 1.29 is 14.0 Å². The van der Waals surface area contributed by atoms with Crippen LogP contribution in [0.2, 0.25) is 0 Å². The summed E-state index contributed by atoms with van der Waals surface area (Å²) >= 11 is 0. The molecule has 2 rings (SSSR count). The molecule has 0 aromatic heterocycles. The van der Waals surface area contributed by atoms with Crippen molar-refractivity contribution in [3.63, 3.8) is 0 Å². The van der Waals surface area contributed by atoms with Gasteiger partial charge in [-0.05, 0) is 25.2 Å². The van der Waals surface area contributed by atoms with Gasteiger partial charge in [-0.2, -0.15) is 0 Å². The van der Waals surface area contributed by atoms with Crippen LogP contribution in [0, 0.1) is 5.82 Å². The highest BCUT2D eigenvalue weighted by Crippen LogP contribution is 2.08. The van der Waals surface area contributed by atoms with Crippen LogP contribution in [0.3, 0.4) is 0 Å². The van der Waals surface area contributed by atoms with Crippen molar-refractivity contribution in [3.05, 3.63) is 30.1 Å². The Labute approximate surface area is 129 Å². The maximum atomic E-state index is 13.0. The van der Waals surface area contributed by atoms with Gasteiger partial charge in [0.15, 0.2) is 0 Å². The van der Waals surface area contributed by atoms with E-state index in [4.69, 9.17) is 0 Å². The number of halogens is 1. The second-order valence-corrected chi connectivity index (χ2v) is 5.36. The molecule has 0 aliphatic carbocycles. The van der Waals surface area contributed by atoms with Gasteiger partial charge in [-0.15, -0.1) is 0 Å². The molecular weight excluding hydrogens is 287 g/mol. The van der Waals surface area contributed by atoms with Gasteiger partial charge in [0.25, 0.3) is 0 Å². The van der Waals surface area contributed by atoms with E-state index in [0.29, 0.717) is 18.8 Å². The van der Waals surface area contributed by atoms with Gasteiger partial charge >= 0.3 is 0 Å². The monoisotopic (exact) mass is 308 g/mol. The van der Waals surface area contributed by atoms with E-state index in [1.54, 1.807) is 22.9 Å². The minimum absolute atomic E-state index is 0.0163. The number of nitrogens with zero attached hydrogens (tertiary/aromatic N) is 2. The molecule has 1 aromatic rings. The van der Waals surface area contributed by atoms with Crippen molar-refractivity contribution in [2.75, 3.05) is 51.6 Å². The van der Waals surface area contributed by atoms with Crippen molar-refractivity contribution in [3.8, 4) is 0 Å². The quantitative estimate of drug-likeness (QED) is 0.811. The minimum Gasteiger partial charge on any atom is -0.339 e. The van der Waals surface area contributed by atoms with E-state index in [2.05, 4.69) is 10.6 Å². The van der Waals surface area contributed by atoms with Crippen molar-refractivity contribution in [2.24, 2.45) is 0 Å². The van der Waals surface area contributed by atoms with Crippen LogP contribution >= 0.6 is 0 Å². The minimum atomic E-state index is -0.403. The molecule has 0 bridgehead atoms. The Morgan fingerprint density at radius 3 is 2.73 bits per heavy atom. The molecule has 1 heterocycles. The van der Waals surface area contributed by atoms with Crippen LogP contribution in [0.25, 0.3) is 0 Å². The zero-order valence-electron chi connectivity index (χ0n) is 12.6. The molecule has 6 nitrogen and oxygen atoms in total. The summed E-state index contributed by atoms with van der Waals surface area (Å²) in [6.45, 7) is 3.26. The fourth-order valence-corrected chi connectivity index (χ4v) is 2.31. The first-order chi connectivity index (χ1) is 10.5. The number of amides is 2. The first kappa shape index (κ1) is 16.4. The van der Waals surface area contributed by atoms with Gasteiger partial charge in [0.1, 0.15) is 5.82 Å². The van der Waals surface area contributed by atoms with Crippen LogP contribution < -0.4 is 10.6 Å². The number of rotatable bonds is 5. The number of likely N-dealkylation sites (N-methyl/N-ethyl adjacent to an activating group) is 1. The zero-order chi connectivity index (χ0) is 15.9. The number of carbonyl (C=O) groups excluding carboxylic acids is 2. The highest BCUT2D eigenvalue weighted by Gasteiger charge is 2.18. The summed E-state index contributed by atoms with van der Waals surface area (Å²) in [6.07, 6.45) is 0. The summed E-state index contributed by atoms with van der Waals surface area (Å²) in [7, 11) is 1.71. The molecule has 1 saturated heterocycles. The molecule has 0 atom stereocenters. The smallest absolute Gasteiger partial charge is 0.238 e. The third kappa shape index (κ3) is 5.09. The summed E-state index contributed by atoms with van der Waals surface area (Å²) in [6, 6.07) is 5.72. The van der Waals surface area contributed by atoms with Gasteiger partial charge in [-0.3, -0.25) is 14.5 Å². The topological polar surface area (TPSA) is 64.7 Å². The summed E-state index contributed by atoms with van der Waals surface area (Å²) < 4.78 is 13.0. The Bertz CT molecular complexity index is 532. The molecule has 0 radical (unpaired) electrons. The van der Waals surface area contributed by atoms with E-state index in [-0.39, 0.29) is 24.9 Å². The first-order valence-electron chi connectivity index (χ1n) is 7.27. The standard InChI is InChI=1S/C15H21FN4O2/c1-19(11-15(22)20-7-5-17-6-8-20)10-14(21)18-13-4-2-3-12(16)9-13/h2-4,9,17H,5-8,10-11H2,1H3,(H,18,21). The van der Waals surface area contributed by atoms with E-state index in [1.807, 2.05) is 0 Å². The van der Waals surface area contributed by atoms with Crippen LogP contribution in [0.4, 0.5) is 10.1 Å². The third-order valence-corrected chi connectivity index (χ3v) is 3.40. The van der Waals surface area contributed by atoms with Crippen LogP contribution in [0.5, 0.6) is 0 Å². The second kappa shape index (κ2) is 7.86. The number of piperazine rings is 1. The molecule has 0 saturated carbocycles. The van der Waals surface area contributed by atoms with E-state index in [0.717, 1.165) is 13.1 Å². The molecule has 22 heavy (non-hydrogen) atoms. The molecule has 2 N–H and O–H groups in total. The lowest BCUT2D eigenvalue weighted by Gasteiger charge is -2.29. The largest absolute Gasteiger partial charge is 0.339 e. The average Bonchev–Trinajstić information content (AvgIpc) is 2.47. The van der Waals surface area contributed by atoms with Gasteiger partial charge in [-0.1, -0.05) is 6.07 Å². The summed E-state index contributed by atoms with van der Waals surface area (Å²) in [5.74, 6) is -0.663. The van der Waals surface area contributed by atoms with Crippen LogP contribution in [-0.2, 0) is 9.59 Å². The molecule has 7 heteroatoms. The normalized spacial score (nSPS) is 15.0. The number of benzene rings is 1. The van der Waals surface area contributed by atoms with Gasteiger partial charge in [0.05, 0.1) is 13.1 Å². The van der Waals surface area contributed by atoms with E-state index >= 15 is 0 Å². The molecule has 2 amide bonds. The Hall–Kier alpha value is -1.99. The highest BCUT2D eigenvalue weighted by molar-refractivity contribution is 5.92. The number of nitrogens with one attached hydrogen (secondary N) is 2. The van der Waals surface area contributed by atoms with Gasteiger partial charge < -0.3 is 15.5 Å². The lowest BCUT2D eigenvalue weighted by molar-refractivity contribution is -0.133. The van der Waals surface area contributed by atoms with Gasteiger partial charge in [0, 0.05) is 31.9 Å². The van der Waals surface area contributed by atoms with Crippen LogP contribution in [0.1, 0.15) is 0 Å². The molecule has 1 aromatic carbocycles. The van der Waals surface area contributed by atoms with Gasteiger partial charge in [-0.25, -0.2) is 4.39 Å².